The van der Waals surface area contributed by atoms with Crippen molar-refractivity contribution in [2.45, 2.75) is 32.6 Å². The molecule has 0 heterocycles. The van der Waals surface area contributed by atoms with Gasteiger partial charge in [-0.2, -0.15) is 0 Å². The van der Waals surface area contributed by atoms with Gasteiger partial charge in [-0.1, -0.05) is 40.5 Å². The van der Waals surface area contributed by atoms with Crippen molar-refractivity contribution in [3.63, 3.8) is 0 Å². The summed E-state index contributed by atoms with van der Waals surface area (Å²) in [6.07, 6.45) is 4.38. The highest BCUT2D eigenvalue weighted by atomic mass is 79.9. The predicted octanol–water partition coefficient (Wildman–Crippen LogP) is 6.23. The van der Waals surface area contributed by atoms with Crippen LogP contribution in [0.15, 0.2) is 30.3 Å². The molecule has 2 rings (SSSR count). The number of benzene rings is 2. The van der Waals surface area contributed by atoms with Gasteiger partial charge >= 0.3 is 0 Å². The number of ether oxygens (including phenoxy) is 2. The molecule has 0 radical (unpaired) electrons. The molecule has 0 unspecified atom stereocenters. The average Bonchev–Trinajstić information content (AvgIpc) is 2.54. The minimum absolute atomic E-state index is 0.681. The van der Waals surface area contributed by atoms with Crippen molar-refractivity contribution in [1.29, 1.82) is 0 Å². The molecule has 2 aromatic carbocycles. The Morgan fingerprint density at radius 3 is 2.64 bits per heavy atom. The molecular formula is C18H22BrClO2. The van der Waals surface area contributed by atoms with Gasteiger partial charge < -0.3 is 9.47 Å². The SMILES string of the molecule is CCCOc1ccc2c(Cl)c(OCCCCCBr)ccc2c1. The molecule has 0 N–H and O–H groups in total. The van der Waals surface area contributed by atoms with Crippen LogP contribution in [0.2, 0.25) is 5.02 Å². The topological polar surface area (TPSA) is 18.5 Å². The van der Waals surface area contributed by atoms with E-state index in [9.17, 15) is 0 Å². The van der Waals surface area contributed by atoms with E-state index in [1.807, 2.05) is 30.3 Å². The van der Waals surface area contributed by atoms with Gasteiger partial charge in [0.2, 0.25) is 0 Å². The van der Waals surface area contributed by atoms with Crippen molar-refractivity contribution in [3.8, 4) is 11.5 Å². The number of fused-ring (bicyclic) bond motifs is 1. The molecule has 0 saturated heterocycles. The summed E-state index contributed by atoms with van der Waals surface area (Å²) in [4.78, 5) is 0. The van der Waals surface area contributed by atoms with Gasteiger partial charge in [-0.3, -0.25) is 0 Å². The van der Waals surface area contributed by atoms with Crippen molar-refractivity contribution in [1.82, 2.24) is 0 Å². The zero-order valence-corrected chi connectivity index (χ0v) is 15.3. The lowest BCUT2D eigenvalue weighted by Crippen LogP contribution is -1.98. The first-order valence-electron chi connectivity index (χ1n) is 7.80. The highest BCUT2D eigenvalue weighted by Gasteiger charge is 2.08. The number of halogens is 2. The molecule has 0 bridgehead atoms. The van der Waals surface area contributed by atoms with E-state index in [0.717, 1.165) is 53.5 Å². The number of rotatable bonds is 9. The zero-order valence-electron chi connectivity index (χ0n) is 12.9. The molecule has 22 heavy (non-hydrogen) atoms. The molecule has 2 aromatic rings. The molecule has 0 amide bonds. The lowest BCUT2D eigenvalue weighted by atomic mass is 10.1. The van der Waals surface area contributed by atoms with Crippen molar-refractivity contribution in [3.05, 3.63) is 35.4 Å². The number of hydrogen-bond acceptors (Lipinski definition) is 2. The van der Waals surface area contributed by atoms with E-state index in [0.29, 0.717) is 11.6 Å². The van der Waals surface area contributed by atoms with Crippen molar-refractivity contribution < 1.29 is 9.47 Å². The fourth-order valence-corrected chi connectivity index (χ4v) is 2.91. The Morgan fingerprint density at radius 1 is 1.00 bits per heavy atom. The van der Waals surface area contributed by atoms with Crippen LogP contribution in [-0.4, -0.2) is 18.5 Å². The third-order valence-electron chi connectivity index (χ3n) is 3.40. The summed E-state index contributed by atoms with van der Waals surface area (Å²) < 4.78 is 11.5. The van der Waals surface area contributed by atoms with E-state index >= 15 is 0 Å². The molecule has 120 valence electrons. The third kappa shape index (κ3) is 4.79. The maximum Gasteiger partial charge on any atom is 0.138 e. The van der Waals surface area contributed by atoms with Crippen LogP contribution in [-0.2, 0) is 0 Å². The van der Waals surface area contributed by atoms with E-state index in [-0.39, 0.29) is 0 Å². The summed E-state index contributed by atoms with van der Waals surface area (Å²) in [5.74, 6) is 1.64. The minimum atomic E-state index is 0.681. The van der Waals surface area contributed by atoms with E-state index < -0.39 is 0 Å². The zero-order chi connectivity index (χ0) is 15.8. The van der Waals surface area contributed by atoms with E-state index in [1.54, 1.807) is 0 Å². The molecule has 0 aliphatic carbocycles. The normalized spacial score (nSPS) is 10.9. The van der Waals surface area contributed by atoms with Crippen LogP contribution in [0.5, 0.6) is 11.5 Å². The van der Waals surface area contributed by atoms with Gasteiger partial charge in [0.25, 0.3) is 0 Å². The van der Waals surface area contributed by atoms with Crippen molar-refractivity contribution in [2.24, 2.45) is 0 Å². The van der Waals surface area contributed by atoms with Gasteiger partial charge in [0.15, 0.2) is 0 Å². The molecule has 0 spiro atoms. The first kappa shape index (κ1) is 17.4. The molecule has 0 saturated carbocycles. The second-order valence-corrected chi connectivity index (χ2v) is 6.38. The van der Waals surface area contributed by atoms with Gasteiger partial charge in [-0.15, -0.1) is 0 Å². The van der Waals surface area contributed by atoms with E-state index in [2.05, 4.69) is 22.9 Å². The van der Waals surface area contributed by atoms with Gasteiger partial charge in [-0.05, 0) is 55.3 Å². The van der Waals surface area contributed by atoms with Crippen LogP contribution in [0.3, 0.4) is 0 Å². The Morgan fingerprint density at radius 2 is 1.86 bits per heavy atom. The van der Waals surface area contributed by atoms with E-state index in [4.69, 9.17) is 21.1 Å². The number of hydrogen-bond donors (Lipinski definition) is 0. The second-order valence-electron chi connectivity index (χ2n) is 5.21. The summed E-state index contributed by atoms with van der Waals surface area (Å²) in [5.41, 5.74) is 0. The predicted molar refractivity (Wildman–Crippen MR) is 97.9 cm³/mol. The fourth-order valence-electron chi connectivity index (χ4n) is 2.23. The van der Waals surface area contributed by atoms with Gasteiger partial charge in [-0.25, -0.2) is 0 Å². The summed E-state index contributed by atoms with van der Waals surface area (Å²) in [7, 11) is 0. The maximum atomic E-state index is 6.47. The summed E-state index contributed by atoms with van der Waals surface area (Å²) >= 11 is 9.90. The maximum absolute atomic E-state index is 6.47. The van der Waals surface area contributed by atoms with Crippen LogP contribution in [0.25, 0.3) is 10.8 Å². The quantitative estimate of drug-likeness (QED) is 0.376. The monoisotopic (exact) mass is 384 g/mol. The van der Waals surface area contributed by atoms with Crippen molar-refractivity contribution in [2.75, 3.05) is 18.5 Å². The third-order valence-corrected chi connectivity index (χ3v) is 4.35. The highest BCUT2D eigenvalue weighted by molar-refractivity contribution is 9.09. The summed E-state index contributed by atoms with van der Waals surface area (Å²) in [6, 6.07) is 9.97. The van der Waals surface area contributed by atoms with Crippen LogP contribution in [0, 0.1) is 0 Å². The van der Waals surface area contributed by atoms with E-state index in [1.165, 1.54) is 6.42 Å². The summed E-state index contributed by atoms with van der Waals surface area (Å²) in [6.45, 7) is 3.53. The largest absolute Gasteiger partial charge is 0.494 e. The van der Waals surface area contributed by atoms with Crippen LogP contribution < -0.4 is 9.47 Å². The molecule has 0 fully saturated rings. The minimum Gasteiger partial charge on any atom is -0.494 e. The average molecular weight is 386 g/mol. The Labute approximate surface area is 145 Å². The molecule has 0 atom stereocenters. The standard InChI is InChI=1S/C18H22BrClO2/c1-2-11-21-15-7-8-16-14(13-15)6-9-17(18(16)20)22-12-5-3-4-10-19/h6-9,13H,2-5,10-12H2,1H3. The lowest BCUT2D eigenvalue weighted by molar-refractivity contribution is 0.307. The lowest BCUT2D eigenvalue weighted by Gasteiger charge is -2.11. The van der Waals surface area contributed by atoms with Crippen LogP contribution >= 0.6 is 27.5 Å². The van der Waals surface area contributed by atoms with Gasteiger partial charge in [0.1, 0.15) is 11.5 Å². The molecule has 0 aromatic heterocycles. The Balaban J connectivity index is 2.06. The Kier molecular flexibility index (Phi) is 7.34. The highest BCUT2D eigenvalue weighted by Crippen LogP contribution is 2.34. The van der Waals surface area contributed by atoms with Gasteiger partial charge in [0.05, 0.1) is 18.2 Å². The molecule has 0 aliphatic heterocycles. The van der Waals surface area contributed by atoms with Crippen LogP contribution in [0.4, 0.5) is 0 Å². The summed E-state index contributed by atoms with van der Waals surface area (Å²) in [5, 5.41) is 3.81. The number of alkyl halides is 1. The number of unbranched alkanes of at least 4 members (excludes halogenated alkanes) is 2. The first-order chi connectivity index (χ1) is 10.8. The Hall–Kier alpha value is -0.930. The fraction of sp³-hybridized carbons (Fsp3) is 0.444. The molecular weight excluding hydrogens is 364 g/mol. The van der Waals surface area contributed by atoms with Gasteiger partial charge in [0, 0.05) is 10.7 Å². The van der Waals surface area contributed by atoms with Crippen molar-refractivity contribution >= 4 is 38.3 Å². The second kappa shape index (κ2) is 9.26. The molecule has 2 nitrogen and oxygen atoms in total. The smallest absolute Gasteiger partial charge is 0.138 e. The first-order valence-corrected chi connectivity index (χ1v) is 9.30. The molecule has 4 heteroatoms. The Bertz CT molecular complexity index is 601. The van der Waals surface area contributed by atoms with Crippen LogP contribution in [0.1, 0.15) is 32.6 Å². The molecule has 0 aliphatic rings.